The van der Waals surface area contributed by atoms with E-state index in [0.717, 1.165) is 37.6 Å². The van der Waals surface area contributed by atoms with Crippen LogP contribution in [-0.2, 0) is 9.59 Å². The second kappa shape index (κ2) is 8.66. The molecular weight excluding hydrogens is 354 g/mol. The molecule has 1 aromatic heterocycles. The summed E-state index contributed by atoms with van der Waals surface area (Å²) in [7, 11) is 1.64. The van der Waals surface area contributed by atoms with E-state index in [1.807, 2.05) is 19.9 Å². The van der Waals surface area contributed by atoms with Gasteiger partial charge in [-0.1, -0.05) is 13.8 Å². The van der Waals surface area contributed by atoms with Gasteiger partial charge in [-0.2, -0.15) is 0 Å². The van der Waals surface area contributed by atoms with Crippen LogP contribution in [0.1, 0.15) is 38.3 Å². The molecule has 0 bridgehead atoms. The average molecular weight is 382 g/mol. The van der Waals surface area contributed by atoms with Crippen LogP contribution in [0.4, 0.5) is 5.95 Å². The summed E-state index contributed by atoms with van der Waals surface area (Å²) in [6.07, 6.45) is 4.09. The van der Waals surface area contributed by atoms with Crippen LogP contribution in [0.2, 0.25) is 0 Å². The maximum Gasteiger partial charge on any atom is 0.225 e. The molecule has 0 aliphatic carbocycles. The lowest BCUT2D eigenvalue weighted by molar-refractivity contribution is -0.133. The number of carbonyl (C=O) groups excluding carboxylic acids is 2. The van der Waals surface area contributed by atoms with Crippen molar-refractivity contribution in [2.45, 2.75) is 32.6 Å². The van der Waals surface area contributed by atoms with Gasteiger partial charge in [-0.15, -0.1) is 12.4 Å². The number of nitrogens with zero attached hydrogens (tertiary/aromatic N) is 4. The Morgan fingerprint density at radius 2 is 1.92 bits per heavy atom. The number of carbonyl (C=O) groups is 2. The molecule has 2 fully saturated rings. The molecule has 0 spiro atoms. The molecule has 0 radical (unpaired) electrons. The molecule has 2 aliphatic rings. The third-order valence-electron chi connectivity index (χ3n) is 5.14. The second-order valence-electron chi connectivity index (χ2n) is 7.20. The summed E-state index contributed by atoms with van der Waals surface area (Å²) in [5, 5.41) is 2.73. The molecule has 7 nitrogen and oxygen atoms in total. The van der Waals surface area contributed by atoms with Crippen molar-refractivity contribution >= 4 is 30.2 Å². The first kappa shape index (κ1) is 20.4. The van der Waals surface area contributed by atoms with Gasteiger partial charge in [0.2, 0.25) is 17.8 Å². The van der Waals surface area contributed by atoms with Gasteiger partial charge in [-0.3, -0.25) is 9.59 Å². The lowest BCUT2D eigenvalue weighted by atomic mass is 9.92. The fourth-order valence-electron chi connectivity index (χ4n) is 3.74. The van der Waals surface area contributed by atoms with Crippen molar-refractivity contribution in [2.75, 3.05) is 38.1 Å². The fraction of sp³-hybridized carbons (Fsp3) is 0.667. The standard InChI is InChI=1S/C18H27N5O2.ClH/c1-12(2)17(25)23-10-13(14(11-23)16(24)19-3)15-6-7-20-18(21-15)22-8-4-5-9-22;/h6-7,12-14H,4-5,8-11H2,1-3H3,(H,19,24);1H/t13-,14-;/m1./s1. The Labute approximate surface area is 161 Å². The lowest BCUT2D eigenvalue weighted by Crippen LogP contribution is -2.35. The van der Waals surface area contributed by atoms with Gasteiger partial charge < -0.3 is 15.1 Å². The predicted octanol–water partition coefficient (Wildman–Crippen LogP) is 1.44. The molecule has 8 heteroatoms. The minimum absolute atomic E-state index is 0. The molecule has 144 valence electrons. The van der Waals surface area contributed by atoms with Crippen molar-refractivity contribution in [3.8, 4) is 0 Å². The van der Waals surface area contributed by atoms with E-state index in [-0.39, 0.29) is 42.0 Å². The Balaban J connectivity index is 0.00000243. The van der Waals surface area contributed by atoms with Crippen LogP contribution in [0.5, 0.6) is 0 Å². The molecule has 0 aromatic carbocycles. The molecule has 3 rings (SSSR count). The number of anilines is 1. The topological polar surface area (TPSA) is 78.4 Å². The Morgan fingerprint density at radius 3 is 2.54 bits per heavy atom. The molecular formula is C18H28ClN5O2. The van der Waals surface area contributed by atoms with E-state index in [1.54, 1.807) is 18.1 Å². The summed E-state index contributed by atoms with van der Waals surface area (Å²) in [5.74, 6) is 0.352. The number of nitrogens with one attached hydrogen (secondary N) is 1. The molecule has 3 heterocycles. The molecule has 2 saturated heterocycles. The Bertz CT molecular complexity index is 648. The van der Waals surface area contributed by atoms with Gasteiger partial charge in [0.15, 0.2) is 0 Å². The first-order chi connectivity index (χ1) is 12.0. The number of hydrogen-bond acceptors (Lipinski definition) is 5. The highest BCUT2D eigenvalue weighted by Gasteiger charge is 2.41. The highest BCUT2D eigenvalue weighted by atomic mass is 35.5. The summed E-state index contributed by atoms with van der Waals surface area (Å²) in [4.78, 5) is 37.9. The van der Waals surface area contributed by atoms with E-state index in [9.17, 15) is 9.59 Å². The number of likely N-dealkylation sites (tertiary alicyclic amines) is 1. The van der Waals surface area contributed by atoms with Crippen molar-refractivity contribution in [2.24, 2.45) is 11.8 Å². The van der Waals surface area contributed by atoms with Gasteiger partial charge in [-0.25, -0.2) is 9.97 Å². The largest absolute Gasteiger partial charge is 0.359 e. The fourth-order valence-corrected chi connectivity index (χ4v) is 3.74. The highest BCUT2D eigenvalue weighted by molar-refractivity contribution is 5.85. The van der Waals surface area contributed by atoms with E-state index in [4.69, 9.17) is 4.98 Å². The van der Waals surface area contributed by atoms with E-state index in [2.05, 4.69) is 15.2 Å². The molecule has 2 amide bonds. The monoisotopic (exact) mass is 381 g/mol. The van der Waals surface area contributed by atoms with Gasteiger partial charge in [0.05, 0.1) is 11.6 Å². The van der Waals surface area contributed by atoms with Crippen LogP contribution in [0, 0.1) is 11.8 Å². The summed E-state index contributed by atoms with van der Waals surface area (Å²) in [6.45, 7) is 6.72. The van der Waals surface area contributed by atoms with Gasteiger partial charge >= 0.3 is 0 Å². The third kappa shape index (κ3) is 4.09. The highest BCUT2D eigenvalue weighted by Crippen LogP contribution is 2.33. The summed E-state index contributed by atoms with van der Waals surface area (Å²) in [5.41, 5.74) is 0.851. The molecule has 0 saturated carbocycles. The first-order valence-electron chi connectivity index (χ1n) is 9.09. The SMILES string of the molecule is CNC(=O)[C@@H]1CN(C(=O)C(C)C)C[C@H]1c1ccnc(N2CCCC2)n1.Cl. The zero-order valence-corrected chi connectivity index (χ0v) is 16.5. The quantitative estimate of drug-likeness (QED) is 0.853. The number of halogens is 1. The van der Waals surface area contributed by atoms with Crippen LogP contribution in [0.25, 0.3) is 0 Å². The minimum Gasteiger partial charge on any atom is -0.359 e. The molecule has 2 atom stereocenters. The summed E-state index contributed by atoms with van der Waals surface area (Å²) >= 11 is 0. The minimum atomic E-state index is -0.269. The predicted molar refractivity (Wildman–Crippen MR) is 102 cm³/mol. The van der Waals surface area contributed by atoms with Crippen LogP contribution in [0.3, 0.4) is 0 Å². The Hall–Kier alpha value is -1.89. The first-order valence-corrected chi connectivity index (χ1v) is 9.09. The van der Waals surface area contributed by atoms with Gasteiger partial charge in [0.1, 0.15) is 0 Å². The third-order valence-corrected chi connectivity index (χ3v) is 5.14. The maximum atomic E-state index is 12.4. The Morgan fingerprint density at radius 1 is 1.23 bits per heavy atom. The van der Waals surface area contributed by atoms with Gasteiger partial charge in [0.25, 0.3) is 0 Å². The van der Waals surface area contributed by atoms with Crippen molar-refractivity contribution in [1.82, 2.24) is 20.2 Å². The van der Waals surface area contributed by atoms with Crippen molar-refractivity contribution in [1.29, 1.82) is 0 Å². The second-order valence-corrected chi connectivity index (χ2v) is 7.20. The van der Waals surface area contributed by atoms with Gasteiger partial charge in [0, 0.05) is 51.3 Å². The smallest absolute Gasteiger partial charge is 0.225 e. The van der Waals surface area contributed by atoms with Crippen LogP contribution < -0.4 is 10.2 Å². The van der Waals surface area contributed by atoms with E-state index in [0.29, 0.717) is 13.1 Å². The van der Waals surface area contributed by atoms with Crippen molar-refractivity contribution in [3.05, 3.63) is 18.0 Å². The molecule has 2 aliphatic heterocycles. The van der Waals surface area contributed by atoms with E-state index < -0.39 is 0 Å². The normalized spacial score (nSPS) is 22.5. The number of aromatic nitrogens is 2. The summed E-state index contributed by atoms with van der Waals surface area (Å²) in [6, 6.07) is 1.88. The number of rotatable bonds is 4. The number of amides is 2. The zero-order chi connectivity index (χ0) is 18.0. The molecule has 1 N–H and O–H groups in total. The van der Waals surface area contributed by atoms with Gasteiger partial charge in [-0.05, 0) is 18.9 Å². The van der Waals surface area contributed by atoms with Crippen LogP contribution in [-0.4, -0.2) is 59.9 Å². The molecule has 1 aromatic rings. The lowest BCUT2D eigenvalue weighted by Gasteiger charge is -2.20. The summed E-state index contributed by atoms with van der Waals surface area (Å²) < 4.78 is 0. The Kier molecular flexibility index (Phi) is 6.81. The van der Waals surface area contributed by atoms with Crippen LogP contribution in [0.15, 0.2) is 12.3 Å². The molecule has 26 heavy (non-hydrogen) atoms. The maximum absolute atomic E-state index is 12.4. The average Bonchev–Trinajstić information content (AvgIpc) is 3.30. The van der Waals surface area contributed by atoms with E-state index in [1.165, 1.54) is 0 Å². The van der Waals surface area contributed by atoms with E-state index >= 15 is 0 Å². The number of hydrogen-bond donors (Lipinski definition) is 1. The van der Waals surface area contributed by atoms with Crippen molar-refractivity contribution < 1.29 is 9.59 Å². The van der Waals surface area contributed by atoms with Crippen molar-refractivity contribution in [3.63, 3.8) is 0 Å². The molecule has 0 unspecified atom stereocenters. The van der Waals surface area contributed by atoms with Crippen LogP contribution >= 0.6 is 12.4 Å². The zero-order valence-electron chi connectivity index (χ0n) is 15.6.